The van der Waals surface area contributed by atoms with Crippen LogP contribution in [0.3, 0.4) is 0 Å². The molecule has 26 heavy (non-hydrogen) atoms. The zero-order valence-corrected chi connectivity index (χ0v) is 17.0. The quantitative estimate of drug-likeness (QED) is 0.728. The Morgan fingerprint density at radius 2 is 1.50 bits per heavy atom. The SMILES string of the molecule is CN(C)N1CCN(C(Cc2ccccc2)Cc2ccc(Cl)c(Cl)c2)CC1. The second-order valence-electron chi connectivity index (χ2n) is 7.13. The molecule has 0 radical (unpaired) electrons. The maximum Gasteiger partial charge on any atom is 0.0595 e. The predicted octanol–water partition coefficient (Wildman–Crippen LogP) is 4.24. The summed E-state index contributed by atoms with van der Waals surface area (Å²) in [4.78, 5) is 2.62. The van der Waals surface area contributed by atoms with E-state index in [-0.39, 0.29) is 0 Å². The molecular formula is C21H27Cl2N3. The van der Waals surface area contributed by atoms with Gasteiger partial charge in [-0.2, -0.15) is 0 Å². The van der Waals surface area contributed by atoms with Gasteiger partial charge in [-0.25, -0.2) is 10.0 Å². The van der Waals surface area contributed by atoms with Crippen molar-refractivity contribution in [2.45, 2.75) is 18.9 Å². The second-order valence-corrected chi connectivity index (χ2v) is 7.95. The minimum atomic E-state index is 0.457. The van der Waals surface area contributed by atoms with Crippen molar-refractivity contribution in [1.29, 1.82) is 0 Å². The lowest BCUT2D eigenvalue weighted by atomic mass is 9.97. The number of halogens is 2. The van der Waals surface area contributed by atoms with Gasteiger partial charge in [0.2, 0.25) is 0 Å². The fourth-order valence-corrected chi connectivity index (χ4v) is 3.95. The lowest BCUT2D eigenvalue weighted by Gasteiger charge is -2.41. The van der Waals surface area contributed by atoms with Crippen LogP contribution in [-0.2, 0) is 12.8 Å². The summed E-state index contributed by atoms with van der Waals surface area (Å²) in [5, 5.41) is 5.85. The van der Waals surface area contributed by atoms with Gasteiger partial charge in [0.15, 0.2) is 0 Å². The first kappa shape index (κ1) is 19.7. The molecule has 1 aliphatic heterocycles. The van der Waals surface area contributed by atoms with Gasteiger partial charge < -0.3 is 0 Å². The highest BCUT2D eigenvalue weighted by atomic mass is 35.5. The Labute approximate surface area is 167 Å². The highest BCUT2D eigenvalue weighted by Gasteiger charge is 2.25. The molecule has 2 aromatic carbocycles. The summed E-state index contributed by atoms with van der Waals surface area (Å²) in [5.41, 5.74) is 2.63. The number of hydrogen-bond donors (Lipinski definition) is 0. The van der Waals surface area contributed by atoms with Crippen LogP contribution in [0.1, 0.15) is 11.1 Å². The van der Waals surface area contributed by atoms with E-state index in [1.54, 1.807) is 0 Å². The molecule has 5 heteroatoms. The van der Waals surface area contributed by atoms with Gasteiger partial charge in [0.25, 0.3) is 0 Å². The third-order valence-electron chi connectivity index (χ3n) is 5.14. The van der Waals surface area contributed by atoms with Gasteiger partial charge >= 0.3 is 0 Å². The number of rotatable bonds is 6. The molecule has 1 fully saturated rings. The molecule has 140 valence electrons. The van der Waals surface area contributed by atoms with Crippen molar-refractivity contribution >= 4 is 23.2 Å². The monoisotopic (exact) mass is 391 g/mol. The normalized spacial score (nSPS) is 17.6. The Morgan fingerprint density at radius 3 is 2.12 bits per heavy atom. The van der Waals surface area contributed by atoms with Gasteiger partial charge in [-0.3, -0.25) is 4.90 Å². The predicted molar refractivity (Wildman–Crippen MR) is 111 cm³/mol. The van der Waals surface area contributed by atoms with Crippen LogP contribution in [0.5, 0.6) is 0 Å². The molecule has 3 rings (SSSR count). The van der Waals surface area contributed by atoms with E-state index in [9.17, 15) is 0 Å². The van der Waals surface area contributed by atoms with E-state index in [4.69, 9.17) is 23.2 Å². The summed E-state index contributed by atoms with van der Waals surface area (Å²) >= 11 is 12.3. The second kappa shape index (κ2) is 9.20. The third kappa shape index (κ3) is 5.21. The highest BCUT2D eigenvalue weighted by molar-refractivity contribution is 6.42. The minimum absolute atomic E-state index is 0.457. The van der Waals surface area contributed by atoms with E-state index < -0.39 is 0 Å². The van der Waals surface area contributed by atoms with Crippen LogP contribution >= 0.6 is 23.2 Å². The average Bonchev–Trinajstić information content (AvgIpc) is 2.65. The fourth-order valence-electron chi connectivity index (χ4n) is 3.63. The average molecular weight is 392 g/mol. The zero-order valence-electron chi connectivity index (χ0n) is 15.5. The lowest BCUT2D eigenvalue weighted by molar-refractivity contribution is -0.0288. The maximum absolute atomic E-state index is 6.24. The molecule has 1 unspecified atom stereocenters. The van der Waals surface area contributed by atoms with Gasteiger partial charge in [-0.1, -0.05) is 59.6 Å². The van der Waals surface area contributed by atoms with Crippen LogP contribution in [0, 0.1) is 0 Å². The molecule has 0 aromatic heterocycles. The third-order valence-corrected chi connectivity index (χ3v) is 5.88. The van der Waals surface area contributed by atoms with Crippen LogP contribution in [0.2, 0.25) is 10.0 Å². The number of benzene rings is 2. The summed E-state index contributed by atoms with van der Waals surface area (Å²) in [6.07, 6.45) is 2.02. The summed E-state index contributed by atoms with van der Waals surface area (Å²) in [6, 6.07) is 17.2. The molecule has 2 aromatic rings. The van der Waals surface area contributed by atoms with Gasteiger partial charge in [0.05, 0.1) is 10.0 Å². The van der Waals surface area contributed by atoms with E-state index in [1.807, 2.05) is 12.1 Å². The molecule has 0 bridgehead atoms. The number of hydrazine groups is 1. The molecule has 0 saturated carbocycles. The molecule has 0 amide bonds. The summed E-state index contributed by atoms with van der Waals surface area (Å²) in [6.45, 7) is 4.30. The summed E-state index contributed by atoms with van der Waals surface area (Å²) in [5.74, 6) is 0. The highest BCUT2D eigenvalue weighted by Crippen LogP contribution is 2.25. The number of nitrogens with zero attached hydrogens (tertiary/aromatic N) is 3. The zero-order chi connectivity index (χ0) is 18.5. The lowest BCUT2D eigenvalue weighted by Crippen LogP contribution is -2.54. The Balaban J connectivity index is 1.74. The number of piperazine rings is 1. The van der Waals surface area contributed by atoms with Crippen molar-refractivity contribution in [3.05, 3.63) is 69.7 Å². The first-order valence-electron chi connectivity index (χ1n) is 9.17. The minimum Gasteiger partial charge on any atom is -0.297 e. The maximum atomic E-state index is 6.24. The standard InChI is InChI=1S/C21H27Cl2N3/c1-24(2)26-12-10-25(11-13-26)19(14-17-6-4-3-5-7-17)15-18-8-9-20(22)21(23)16-18/h3-9,16,19H,10-15H2,1-2H3. The summed E-state index contributed by atoms with van der Waals surface area (Å²) < 4.78 is 0. The van der Waals surface area contributed by atoms with E-state index in [0.29, 0.717) is 16.1 Å². The van der Waals surface area contributed by atoms with E-state index in [0.717, 1.165) is 39.0 Å². The van der Waals surface area contributed by atoms with E-state index in [1.165, 1.54) is 11.1 Å². The Morgan fingerprint density at radius 1 is 0.846 bits per heavy atom. The van der Waals surface area contributed by atoms with E-state index >= 15 is 0 Å². The number of hydrogen-bond acceptors (Lipinski definition) is 3. The molecule has 3 nitrogen and oxygen atoms in total. The van der Waals surface area contributed by atoms with Crippen molar-refractivity contribution in [2.24, 2.45) is 0 Å². The van der Waals surface area contributed by atoms with Crippen LogP contribution in [0.15, 0.2) is 48.5 Å². The van der Waals surface area contributed by atoms with Crippen molar-refractivity contribution in [3.63, 3.8) is 0 Å². The van der Waals surface area contributed by atoms with Crippen molar-refractivity contribution in [3.8, 4) is 0 Å². The molecule has 0 N–H and O–H groups in total. The van der Waals surface area contributed by atoms with Crippen LogP contribution in [0.25, 0.3) is 0 Å². The first-order chi connectivity index (χ1) is 12.5. The molecule has 0 aliphatic carbocycles. The molecule has 0 spiro atoms. The fraction of sp³-hybridized carbons (Fsp3) is 0.429. The largest absolute Gasteiger partial charge is 0.297 e. The van der Waals surface area contributed by atoms with Gasteiger partial charge in [-0.05, 0) is 36.1 Å². The van der Waals surface area contributed by atoms with Crippen LogP contribution < -0.4 is 0 Å². The molecule has 1 aliphatic rings. The van der Waals surface area contributed by atoms with Crippen LogP contribution in [-0.4, -0.2) is 61.2 Å². The Kier molecular flexibility index (Phi) is 6.96. The molecule has 1 heterocycles. The Bertz CT molecular complexity index is 698. The molecule has 1 saturated heterocycles. The topological polar surface area (TPSA) is 9.72 Å². The van der Waals surface area contributed by atoms with Crippen LogP contribution in [0.4, 0.5) is 0 Å². The van der Waals surface area contributed by atoms with Gasteiger partial charge in [0.1, 0.15) is 0 Å². The van der Waals surface area contributed by atoms with Crippen molar-refractivity contribution in [1.82, 2.24) is 14.9 Å². The smallest absolute Gasteiger partial charge is 0.0595 e. The van der Waals surface area contributed by atoms with Crippen molar-refractivity contribution < 1.29 is 0 Å². The van der Waals surface area contributed by atoms with Gasteiger partial charge in [0, 0.05) is 46.3 Å². The summed E-state index contributed by atoms with van der Waals surface area (Å²) in [7, 11) is 4.24. The molecular weight excluding hydrogens is 365 g/mol. The van der Waals surface area contributed by atoms with Crippen molar-refractivity contribution in [2.75, 3.05) is 40.3 Å². The molecule has 1 atom stereocenters. The van der Waals surface area contributed by atoms with Gasteiger partial charge in [-0.15, -0.1) is 0 Å². The Hall–Kier alpha value is -1.10. The first-order valence-corrected chi connectivity index (χ1v) is 9.92. The van der Waals surface area contributed by atoms with E-state index in [2.05, 4.69) is 65.4 Å².